The van der Waals surface area contributed by atoms with E-state index in [-0.39, 0.29) is 23.4 Å². The second-order valence-electron chi connectivity index (χ2n) is 10.5. The molecule has 0 bridgehead atoms. The number of hydrogen-bond donors (Lipinski definition) is 1. The van der Waals surface area contributed by atoms with Gasteiger partial charge in [0.2, 0.25) is 11.8 Å². The topological polar surface area (TPSA) is 86.8 Å². The molecule has 3 aromatic rings. The highest BCUT2D eigenvalue weighted by atomic mass is 35.5. The van der Waals surface area contributed by atoms with Crippen molar-refractivity contribution >= 4 is 39.1 Å². The first-order valence-electron chi connectivity index (χ1n) is 13.9. The number of nitrogens with zero attached hydrogens (tertiary/aromatic N) is 2. The minimum atomic E-state index is -4.17. The Labute approximate surface area is 249 Å². The molecule has 0 saturated heterocycles. The molecule has 1 N–H and O–H groups in total. The Hall–Kier alpha value is -3.36. The molecule has 0 aliphatic heterocycles. The summed E-state index contributed by atoms with van der Waals surface area (Å²) in [5.41, 5.74) is 3.65. The second kappa shape index (κ2) is 14.0. The van der Waals surface area contributed by atoms with Gasteiger partial charge in [0.1, 0.15) is 12.6 Å². The fourth-order valence-corrected chi connectivity index (χ4v) is 6.11. The quantitative estimate of drug-likeness (QED) is 0.270. The molecular weight excluding hydrogens is 558 g/mol. The largest absolute Gasteiger partial charge is 0.352 e. The number of rotatable bonds is 12. The van der Waals surface area contributed by atoms with Crippen molar-refractivity contribution in [3.63, 3.8) is 0 Å². The summed E-state index contributed by atoms with van der Waals surface area (Å²) in [6.45, 7) is 10.9. The van der Waals surface area contributed by atoms with Crippen LogP contribution in [-0.4, -0.2) is 43.8 Å². The molecule has 0 aliphatic carbocycles. The van der Waals surface area contributed by atoms with E-state index in [1.54, 1.807) is 37.3 Å². The van der Waals surface area contributed by atoms with Crippen LogP contribution in [0.25, 0.3) is 0 Å². The number of sulfonamides is 1. The van der Waals surface area contributed by atoms with E-state index in [0.717, 1.165) is 27.4 Å². The van der Waals surface area contributed by atoms with Gasteiger partial charge in [-0.2, -0.15) is 0 Å². The summed E-state index contributed by atoms with van der Waals surface area (Å²) in [7, 11) is -4.17. The standard InChI is InChI=1S/C32H40ClN3O4S/c1-7-24(5)34-32(38)29(8-2)35(20-26-16-12-22(3)13-17-26)31(37)21-36(30-11-9-10-28(33)25(30)6)41(39,40)27-18-14-23(4)15-19-27/h9-19,24,29H,7-8,20-21H2,1-6H3,(H,34,38)/t24-,29+/m0/s1. The van der Waals surface area contributed by atoms with Crippen molar-refractivity contribution in [2.24, 2.45) is 0 Å². The van der Waals surface area contributed by atoms with Crippen LogP contribution in [0.15, 0.2) is 71.6 Å². The maximum atomic E-state index is 14.2. The third-order valence-electron chi connectivity index (χ3n) is 7.26. The van der Waals surface area contributed by atoms with Crippen LogP contribution in [0.3, 0.4) is 0 Å². The van der Waals surface area contributed by atoms with Gasteiger partial charge in [-0.3, -0.25) is 13.9 Å². The third kappa shape index (κ3) is 7.89. The third-order valence-corrected chi connectivity index (χ3v) is 9.44. The normalized spacial score (nSPS) is 12.9. The fraction of sp³-hybridized carbons (Fsp3) is 0.375. The molecule has 0 aromatic heterocycles. The summed E-state index contributed by atoms with van der Waals surface area (Å²) in [5.74, 6) is -0.763. The van der Waals surface area contributed by atoms with Crippen molar-refractivity contribution in [2.45, 2.75) is 77.9 Å². The first-order valence-corrected chi connectivity index (χ1v) is 15.7. The molecule has 0 saturated carbocycles. The van der Waals surface area contributed by atoms with Crippen LogP contribution in [0.4, 0.5) is 5.69 Å². The van der Waals surface area contributed by atoms with Crippen LogP contribution in [0.1, 0.15) is 55.9 Å². The summed E-state index contributed by atoms with van der Waals surface area (Å²) in [5, 5.41) is 3.38. The maximum Gasteiger partial charge on any atom is 0.264 e. The summed E-state index contributed by atoms with van der Waals surface area (Å²) in [4.78, 5) is 29.1. The van der Waals surface area contributed by atoms with Gasteiger partial charge in [-0.05, 0) is 75.9 Å². The molecule has 0 fully saturated rings. The number of benzene rings is 3. The molecule has 0 radical (unpaired) electrons. The number of carbonyl (C=O) groups is 2. The van der Waals surface area contributed by atoms with E-state index in [1.807, 2.05) is 58.9 Å². The van der Waals surface area contributed by atoms with Gasteiger partial charge in [0.25, 0.3) is 10.0 Å². The highest BCUT2D eigenvalue weighted by molar-refractivity contribution is 7.92. The average molecular weight is 598 g/mol. The lowest BCUT2D eigenvalue weighted by molar-refractivity contribution is -0.140. The van der Waals surface area contributed by atoms with Gasteiger partial charge in [-0.15, -0.1) is 0 Å². The summed E-state index contributed by atoms with van der Waals surface area (Å²) in [6, 6.07) is 18.3. The van der Waals surface area contributed by atoms with Crippen LogP contribution in [0.5, 0.6) is 0 Å². The Bertz CT molecular complexity index is 1460. The number of amides is 2. The van der Waals surface area contributed by atoms with Crippen LogP contribution >= 0.6 is 11.6 Å². The van der Waals surface area contributed by atoms with E-state index in [4.69, 9.17) is 11.6 Å². The average Bonchev–Trinajstić information content (AvgIpc) is 2.94. The fourth-order valence-electron chi connectivity index (χ4n) is 4.47. The maximum absolute atomic E-state index is 14.2. The van der Waals surface area contributed by atoms with Gasteiger partial charge < -0.3 is 10.2 Å². The SMILES string of the molecule is CC[C@H](C(=O)N[C@@H](C)CC)N(Cc1ccc(C)cc1)C(=O)CN(c1cccc(Cl)c1C)S(=O)(=O)c1ccc(C)cc1. The van der Waals surface area contributed by atoms with Crippen molar-refractivity contribution in [3.05, 3.63) is 94.0 Å². The molecule has 0 heterocycles. The minimum absolute atomic E-state index is 0.0573. The smallest absolute Gasteiger partial charge is 0.264 e. The van der Waals surface area contributed by atoms with Crippen LogP contribution in [-0.2, 0) is 26.2 Å². The number of carbonyl (C=O) groups excluding carboxylic acids is 2. The number of anilines is 1. The first-order chi connectivity index (χ1) is 19.4. The predicted molar refractivity (Wildman–Crippen MR) is 166 cm³/mol. The number of halogens is 1. The van der Waals surface area contributed by atoms with Gasteiger partial charge in [0, 0.05) is 17.6 Å². The molecule has 9 heteroatoms. The van der Waals surface area contributed by atoms with E-state index >= 15 is 0 Å². The summed E-state index contributed by atoms with van der Waals surface area (Å²) >= 11 is 6.40. The van der Waals surface area contributed by atoms with Gasteiger partial charge in [0.15, 0.2) is 0 Å². The zero-order valence-electron chi connectivity index (χ0n) is 24.6. The molecule has 0 spiro atoms. The zero-order valence-corrected chi connectivity index (χ0v) is 26.2. The molecule has 41 heavy (non-hydrogen) atoms. The Morgan fingerprint density at radius 3 is 2.02 bits per heavy atom. The Kier molecular flexibility index (Phi) is 11.0. The summed E-state index contributed by atoms with van der Waals surface area (Å²) < 4.78 is 29.2. The van der Waals surface area contributed by atoms with Crippen LogP contribution in [0, 0.1) is 20.8 Å². The summed E-state index contributed by atoms with van der Waals surface area (Å²) in [6.07, 6.45) is 1.10. The van der Waals surface area contributed by atoms with E-state index < -0.39 is 28.5 Å². The number of aryl methyl sites for hydroxylation is 2. The van der Waals surface area contributed by atoms with Gasteiger partial charge in [-0.1, -0.05) is 79.0 Å². The Morgan fingerprint density at radius 2 is 1.46 bits per heavy atom. The molecule has 7 nitrogen and oxygen atoms in total. The van der Waals surface area contributed by atoms with Gasteiger partial charge in [-0.25, -0.2) is 8.42 Å². The second-order valence-corrected chi connectivity index (χ2v) is 12.7. The van der Waals surface area contributed by atoms with Crippen molar-refractivity contribution in [1.82, 2.24) is 10.2 Å². The van der Waals surface area contributed by atoms with Crippen LogP contribution < -0.4 is 9.62 Å². The minimum Gasteiger partial charge on any atom is -0.352 e. The van der Waals surface area contributed by atoms with Gasteiger partial charge in [0.05, 0.1) is 10.6 Å². The molecule has 2 amide bonds. The van der Waals surface area contributed by atoms with Crippen molar-refractivity contribution in [1.29, 1.82) is 0 Å². The lowest BCUT2D eigenvalue weighted by atomic mass is 10.1. The monoisotopic (exact) mass is 597 g/mol. The van der Waals surface area contributed by atoms with E-state index in [9.17, 15) is 18.0 Å². The van der Waals surface area contributed by atoms with Crippen LogP contribution in [0.2, 0.25) is 5.02 Å². The highest BCUT2D eigenvalue weighted by Gasteiger charge is 2.34. The molecule has 3 aromatic carbocycles. The van der Waals surface area contributed by atoms with Crippen molar-refractivity contribution < 1.29 is 18.0 Å². The lowest BCUT2D eigenvalue weighted by Gasteiger charge is -2.34. The van der Waals surface area contributed by atoms with Crippen molar-refractivity contribution in [3.8, 4) is 0 Å². The number of nitrogens with one attached hydrogen (secondary N) is 1. The zero-order chi connectivity index (χ0) is 30.3. The predicted octanol–water partition coefficient (Wildman–Crippen LogP) is 6.18. The molecule has 3 rings (SSSR count). The molecule has 2 atom stereocenters. The first kappa shape index (κ1) is 32.2. The molecule has 0 unspecified atom stereocenters. The van der Waals surface area contributed by atoms with E-state index in [0.29, 0.717) is 22.7 Å². The van der Waals surface area contributed by atoms with Crippen molar-refractivity contribution in [2.75, 3.05) is 10.8 Å². The van der Waals surface area contributed by atoms with Gasteiger partial charge >= 0.3 is 0 Å². The van der Waals surface area contributed by atoms with E-state index in [2.05, 4.69) is 5.32 Å². The molecule has 0 aliphatic rings. The Balaban J connectivity index is 2.10. The lowest BCUT2D eigenvalue weighted by Crippen LogP contribution is -2.53. The molecule has 220 valence electrons. The highest BCUT2D eigenvalue weighted by Crippen LogP contribution is 2.31. The van der Waals surface area contributed by atoms with E-state index in [1.165, 1.54) is 17.0 Å². The number of hydrogen-bond acceptors (Lipinski definition) is 4. The molecular formula is C32H40ClN3O4S. The Morgan fingerprint density at radius 1 is 0.878 bits per heavy atom.